The van der Waals surface area contributed by atoms with Crippen LogP contribution in [-0.2, 0) is 24.0 Å². The molecule has 0 amide bonds. The molecule has 0 saturated heterocycles. The lowest BCUT2D eigenvalue weighted by molar-refractivity contribution is -0.146. The highest BCUT2D eigenvalue weighted by molar-refractivity contribution is 5.80. The largest absolute Gasteiger partial charge is 0.481 e. The Balaban J connectivity index is 0. The van der Waals surface area contributed by atoms with Crippen molar-refractivity contribution >= 4 is 29.8 Å². The van der Waals surface area contributed by atoms with Gasteiger partial charge in [0.05, 0.1) is 32.7 Å². The standard InChI is InChI=1S/C7H11NO6.C5H9NO5/c9-5(10)1-2-8-4(7(13)14)3-6(11)12;7-3-6(1-4(8)9)2-5(10)11/h4,8H,1-3H2,(H,9,10)(H,11,12)(H,13,14);7H,1-3H2,(H,8,9)(H,10,11). The first-order chi connectivity index (χ1) is 11.5. The van der Waals surface area contributed by atoms with E-state index >= 15 is 0 Å². The average Bonchev–Trinajstić information content (AvgIpc) is 2.44. The van der Waals surface area contributed by atoms with Crippen molar-refractivity contribution in [2.75, 3.05) is 26.4 Å². The first kappa shape index (κ1) is 24.5. The third kappa shape index (κ3) is 17.4. The molecule has 0 aromatic heterocycles. The summed E-state index contributed by atoms with van der Waals surface area (Å²) in [7, 11) is 0. The predicted molar refractivity (Wildman–Crippen MR) is 77.9 cm³/mol. The van der Waals surface area contributed by atoms with Crippen molar-refractivity contribution in [2.24, 2.45) is 0 Å². The van der Waals surface area contributed by atoms with Crippen LogP contribution in [0.2, 0.25) is 0 Å². The summed E-state index contributed by atoms with van der Waals surface area (Å²) in [6, 6.07) is -1.24. The van der Waals surface area contributed by atoms with Crippen molar-refractivity contribution in [2.45, 2.75) is 18.9 Å². The van der Waals surface area contributed by atoms with Crippen molar-refractivity contribution in [3.63, 3.8) is 0 Å². The van der Waals surface area contributed by atoms with E-state index in [4.69, 9.17) is 30.6 Å². The van der Waals surface area contributed by atoms with E-state index in [2.05, 4.69) is 5.32 Å². The van der Waals surface area contributed by atoms with E-state index in [9.17, 15) is 24.0 Å². The summed E-state index contributed by atoms with van der Waals surface area (Å²) >= 11 is 0. The van der Waals surface area contributed by atoms with Gasteiger partial charge in [-0.3, -0.25) is 28.9 Å². The molecule has 7 N–H and O–H groups in total. The molecule has 0 radical (unpaired) electrons. The zero-order valence-electron chi connectivity index (χ0n) is 13.0. The Labute approximate surface area is 141 Å². The maximum atomic E-state index is 10.4. The van der Waals surface area contributed by atoms with Gasteiger partial charge in [0.2, 0.25) is 0 Å². The molecule has 0 fully saturated rings. The molecule has 1 atom stereocenters. The van der Waals surface area contributed by atoms with E-state index in [1.165, 1.54) is 0 Å². The zero-order chi connectivity index (χ0) is 20.0. The van der Waals surface area contributed by atoms with E-state index in [0.717, 1.165) is 4.90 Å². The van der Waals surface area contributed by atoms with Crippen LogP contribution in [0.4, 0.5) is 0 Å². The number of aliphatic hydroxyl groups is 1. The number of hydrogen-bond donors (Lipinski definition) is 7. The van der Waals surface area contributed by atoms with Crippen molar-refractivity contribution in [1.82, 2.24) is 10.2 Å². The summed E-state index contributed by atoms with van der Waals surface area (Å²) in [5.74, 6) is -5.96. The third-order valence-electron chi connectivity index (χ3n) is 2.32. The Bertz CT molecular complexity index is 464. The molecule has 144 valence electrons. The Morgan fingerprint density at radius 2 is 1.28 bits per heavy atom. The van der Waals surface area contributed by atoms with Crippen molar-refractivity contribution in [1.29, 1.82) is 0 Å². The van der Waals surface area contributed by atoms with E-state index in [0.29, 0.717) is 0 Å². The highest BCUT2D eigenvalue weighted by Gasteiger charge is 2.20. The van der Waals surface area contributed by atoms with Gasteiger partial charge in [0.1, 0.15) is 6.04 Å². The molecule has 0 aliphatic rings. The molecular formula is C12H20N2O11. The molecule has 0 aromatic carbocycles. The summed E-state index contributed by atoms with van der Waals surface area (Å²) in [5.41, 5.74) is 0. The van der Waals surface area contributed by atoms with Gasteiger partial charge in [-0.05, 0) is 0 Å². The molecule has 0 spiro atoms. The monoisotopic (exact) mass is 368 g/mol. The fourth-order valence-electron chi connectivity index (χ4n) is 1.31. The second kappa shape index (κ2) is 13.6. The lowest BCUT2D eigenvalue weighted by Crippen LogP contribution is -2.39. The number of aliphatic carboxylic acids is 5. The smallest absolute Gasteiger partial charge is 0.321 e. The van der Waals surface area contributed by atoms with Crippen LogP contribution in [0.1, 0.15) is 12.8 Å². The van der Waals surface area contributed by atoms with Crippen LogP contribution in [0.3, 0.4) is 0 Å². The molecule has 13 nitrogen and oxygen atoms in total. The Morgan fingerprint density at radius 3 is 1.56 bits per heavy atom. The quantitative estimate of drug-likeness (QED) is 0.175. The van der Waals surface area contributed by atoms with E-state index in [1.54, 1.807) is 0 Å². The number of hydrogen-bond acceptors (Lipinski definition) is 8. The molecule has 0 rings (SSSR count). The number of carboxylic acid groups (broad SMARTS) is 5. The molecule has 0 saturated carbocycles. The maximum Gasteiger partial charge on any atom is 0.321 e. The van der Waals surface area contributed by atoms with Crippen LogP contribution in [0, 0.1) is 0 Å². The molecule has 0 bridgehead atoms. The summed E-state index contributed by atoms with van der Waals surface area (Å²) in [4.78, 5) is 51.6. The van der Waals surface area contributed by atoms with Gasteiger partial charge in [0.25, 0.3) is 0 Å². The van der Waals surface area contributed by atoms with Gasteiger partial charge in [-0.1, -0.05) is 0 Å². The average molecular weight is 368 g/mol. The maximum absolute atomic E-state index is 10.4. The Kier molecular flexibility index (Phi) is 13.4. The van der Waals surface area contributed by atoms with Gasteiger partial charge in [-0.25, -0.2) is 0 Å². The number of aliphatic hydroxyl groups excluding tert-OH is 1. The minimum atomic E-state index is -1.31. The fraction of sp³-hybridized carbons (Fsp3) is 0.583. The second-order valence-corrected chi connectivity index (χ2v) is 4.50. The molecule has 0 aliphatic heterocycles. The van der Waals surface area contributed by atoms with Crippen LogP contribution in [0.5, 0.6) is 0 Å². The first-order valence-corrected chi connectivity index (χ1v) is 6.66. The molecule has 0 heterocycles. The van der Waals surface area contributed by atoms with Gasteiger partial charge in [-0.15, -0.1) is 0 Å². The Hall–Kier alpha value is -2.77. The highest BCUT2D eigenvalue weighted by atomic mass is 16.4. The molecular weight excluding hydrogens is 348 g/mol. The van der Waals surface area contributed by atoms with Gasteiger partial charge in [0, 0.05) is 6.54 Å². The lowest BCUT2D eigenvalue weighted by atomic mass is 10.2. The number of carboxylic acids is 5. The summed E-state index contributed by atoms with van der Waals surface area (Å²) in [5, 5.41) is 52.2. The predicted octanol–water partition coefficient (Wildman–Crippen LogP) is -2.61. The Morgan fingerprint density at radius 1 is 0.800 bits per heavy atom. The van der Waals surface area contributed by atoms with Gasteiger partial charge in [0.15, 0.2) is 0 Å². The topological polar surface area (TPSA) is 222 Å². The lowest BCUT2D eigenvalue weighted by Gasteiger charge is -2.12. The van der Waals surface area contributed by atoms with Crippen LogP contribution in [0.15, 0.2) is 0 Å². The van der Waals surface area contributed by atoms with Crippen LogP contribution in [-0.4, -0.2) is 97.8 Å². The summed E-state index contributed by atoms with van der Waals surface area (Å²) in [6.07, 6.45) is -0.821. The van der Waals surface area contributed by atoms with Crippen molar-refractivity contribution in [3.05, 3.63) is 0 Å². The number of nitrogens with one attached hydrogen (secondary N) is 1. The van der Waals surface area contributed by atoms with Gasteiger partial charge < -0.3 is 36.0 Å². The van der Waals surface area contributed by atoms with Crippen LogP contribution >= 0.6 is 0 Å². The minimum Gasteiger partial charge on any atom is -0.481 e. The minimum absolute atomic E-state index is 0.0699. The van der Waals surface area contributed by atoms with Gasteiger partial charge >= 0.3 is 29.8 Å². The van der Waals surface area contributed by atoms with Crippen LogP contribution in [0.25, 0.3) is 0 Å². The molecule has 25 heavy (non-hydrogen) atoms. The van der Waals surface area contributed by atoms with Crippen molar-refractivity contribution in [3.8, 4) is 0 Å². The molecule has 0 aromatic rings. The third-order valence-corrected chi connectivity index (χ3v) is 2.32. The molecule has 0 aliphatic carbocycles. The molecule has 13 heteroatoms. The normalized spacial score (nSPS) is 11.1. The first-order valence-electron chi connectivity index (χ1n) is 6.66. The van der Waals surface area contributed by atoms with Gasteiger partial charge in [-0.2, -0.15) is 0 Å². The SMILES string of the molecule is O=C(O)CCNC(CC(=O)O)C(=O)O.O=C(O)CN(CO)CC(=O)O. The van der Waals surface area contributed by atoms with Crippen molar-refractivity contribution < 1.29 is 54.6 Å². The summed E-state index contributed by atoms with van der Waals surface area (Å²) < 4.78 is 0. The fourth-order valence-corrected chi connectivity index (χ4v) is 1.31. The number of rotatable bonds is 12. The second-order valence-electron chi connectivity index (χ2n) is 4.50. The van der Waals surface area contributed by atoms with E-state index < -0.39 is 62.1 Å². The number of nitrogens with zero attached hydrogens (tertiary/aromatic N) is 1. The van der Waals surface area contributed by atoms with Crippen LogP contribution < -0.4 is 5.32 Å². The highest BCUT2D eigenvalue weighted by Crippen LogP contribution is 1.93. The molecule has 1 unspecified atom stereocenters. The zero-order valence-corrected chi connectivity index (χ0v) is 13.0. The summed E-state index contributed by atoms with van der Waals surface area (Å²) in [6.45, 7) is -1.58. The number of carbonyl (C=O) groups is 5. The van der Waals surface area contributed by atoms with E-state index in [-0.39, 0.29) is 13.0 Å². The van der Waals surface area contributed by atoms with E-state index in [1.807, 2.05) is 0 Å².